The first-order chi connectivity index (χ1) is 9.63. The predicted molar refractivity (Wildman–Crippen MR) is 79.9 cm³/mol. The summed E-state index contributed by atoms with van der Waals surface area (Å²) in [4.78, 5) is 11.8. The lowest BCUT2D eigenvalue weighted by atomic mass is 9.79. The molecule has 20 heavy (non-hydrogen) atoms. The van der Waals surface area contributed by atoms with Crippen LogP contribution in [0.3, 0.4) is 0 Å². The molecule has 0 aliphatic heterocycles. The molecule has 1 fully saturated rings. The van der Waals surface area contributed by atoms with Gasteiger partial charge >= 0.3 is 5.97 Å². The van der Waals surface area contributed by atoms with Crippen LogP contribution in [0.2, 0.25) is 0 Å². The van der Waals surface area contributed by atoms with E-state index in [1.54, 1.807) is 0 Å². The smallest absolute Gasteiger partial charge is 0.309 e. The lowest BCUT2D eigenvalue weighted by molar-refractivity contribution is -0.148. The Morgan fingerprint density at radius 1 is 1.35 bits per heavy atom. The number of hydrogen-bond acceptors (Lipinski definition) is 1. The number of carbonyl (C=O) groups is 1. The van der Waals surface area contributed by atoms with E-state index in [0.717, 1.165) is 25.7 Å². The van der Waals surface area contributed by atoms with E-state index in [0.29, 0.717) is 12.3 Å². The maximum absolute atomic E-state index is 11.8. The van der Waals surface area contributed by atoms with Gasteiger partial charge in [0.2, 0.25) is 0 Å². The zero-order valence-electron chi connectivity index (χ0n) is 12.3. The third-order valence-electron chi connectivity index (χ3n) is 5.45. The van der Waals surface area contributed by atoms with E-state index in [2.05, 4.69) is 25.1 Å². The zero-order valence-corrected chi connectivity index (χ0v) is 12.3. The normalized spacial score (nSPS) is 28.6. The SMILES string of the molecule is CCC1CCC(Cc2ccc3c(c2)CCC3)(C(=O)O)C1. The first-order valence-corrected chi connectivity index (χ1v) is 7.97. The minimum atomic E-state index is -0.589. The number of hydrogen-bond donors (Lipinski definition) is 1. The minimum absolute atomic E-state index is 0.506. The topological polar surface area (TPSA) is 37.3 Å². The molecule has 0 radical (unpaired) electrons. The van der Waals surface area contributed by atoms with Gasteiger partial charge in [0.15, 0.2) is 0 Å². The van der Waals surface area contributed by atoms with Crippen LogP contribution in [0.5, 0.6) is 0 Å². The molecule has 108 valence electrons. The van der Waals surface area contributed by atoms with Gasteiger partial charge in [0.05, 0.1) is 5.41 Å². The number of carboxylic acids is 1. The molecule has 0 bridgehead atoms. The fourth-order valence-electron chi connectivity index (χ4n) is 4.14. The number of rotatable bonds is 4. The summed E-state index contributed by atoms with van der Waals surface area (Å²) in [6.45, 7) is 2.18. The lowest BCUT2D eigenvalue weighted by Crippen LogP contribution is -2.30. The maximum atomic E-state index is 11.8. The molecular weight excluding hydrogens is 248 g/mol. The number of aliphatic carboxylic acids is 1. The van der Waals surface area contributed by atoms with E-state index in [4.69, 9.17) is 0 Å². The van der Waals surface area contributed by atoms with E-state index >= 15 is 0 Å². The summed E-state index contributed by atoms with van der Waals surface area (Å²) in [6.07, 6.45) is 8.21. The van der Waals surface area contributed by atoms with E-state index in [-0.39, 0.29) is 0 Å². The molecule has 1 aromatic rings. The summed E-state index contributed by atoms with van der Waals surface area (Å²) in [6, 6.07) is 6.65. The van der Waals surface area contributed by atoms with Crippen LogP contribution in [-0.4, -0.2) is 11.1 Å². The Labute approximate surface area is 121 Å². The van der Waals surface area contributed by atoms with Crippen molar-refractivity contribution >= 4 is 5.97 Å². The van der Waals surface area contributed by atoms with Crippen LogP contribution in [-0.2, 0) is 24.1 Å². The molecule has 2 atom stereocenters. The van der Waals surface area contributed by atoms with Crippen molar-refractivity contribution in [3.63, 3.8) is 0 Å². The zero-order chi connectivity index (χ0) is 14.2. The maximum Gasteiger partial charge on any atom is 0.309 e. The van der Waals surface area contributed by atoms with Gasteiger partial charge in [-0.25, -0.2) is 0 Å². The molecule has 3 rings (SSSR count). The summed E-state index contributed by atoms with van der Waals surface area (Å²) in [5.41, 5.74) is 3.64. The van der Waals surface area contributed by atoms with Crippen molar-refractivity contribution in [1.29, 1.82) is 0 Å². The molecule has 0 spiro atoms. The monoisotopic (exact) mass is 272 g/mol. The average molecular weight is 272 g/mol. The van der Waals surface area contributed by atoms with Gasteiger partial charge in [0.25, 0.3) is 0 Å². The van der Waals surface area contributed by atoms with Gasteiger partial charge in [-0.3, -0.25) is 4.79 Å². The fraction of sp³-hybridized carbons (Fsp3) is 0.611. The quantitative estimate of drug-likeness (QED) is 0.899. The molecule has 2 unspecified atom stereocenters. The fourth-order valence-corrected chi connectivity index (χ4v) is 4.14. The summed E-state index contributed by atoms with van der Waals surface area (Å²) < 4.78 is 0. The molecule has 2 aliphatic carbocycles. The van der Waals surface area contributed by atoms with Crippen molar-refractivity contribution in [2.24, 2.45) is 11.3 Å². The number of benzene rings is 1. The van der Waals surface area contributed by atoms with Gasteiger partial charge in [-0.15, -0.1) is 0 Å². The van der Waals surface area contributed by atoms with Gasteiger partial charge in [0.1, 0.15) is 0 Å². The molecular formula is C18H24O2. The van der Waals surface area contributed by atoms with Crippen LogP contribution >= 0.6 is 0 Å². The van der Waals surface area contributed by atoms with E-state index in [1.807, 2.05) is 0 Å². The largest absolute Gasteiger partial charge is 0.481 e. The van der Waals surface area contributed by atoms with Crippen LogP contribution in [0.25, 0.3) is 0 Å². The molecule has 0 heterocycles. The summed E-state index contributed by atoms with van der Waals surface area (Å²) in [5.74, 6) is 0.00877. The van der Waals surface area contributed by atoms with E-state index in [9.17, 15) is 9.90 Å². The molecule has 1 aromatic carbocycles. The molecule has 1 N–H and O–H groups in total. The second-order valence-electron chi connectivity index (χ2n) is 6.74. The van der Waals surface area contributed by atoms with Crippen LogP contribution < -0.4 is 0 Å². The highest BCUT2D eigenvalue weighted by Crippen LogP contribution is 2.46. The first-order valence-electron chi connectivity index (χ1n) is 7.97. The van der Waals surface area contributed by atoms with Crippen molar-refractivity contribution < 1.29 is 9.90 Å². The standard InChI is InChI=1S/C18H24O2/c1-2-13-8-9-18(11-13,17(19)20)12-14-6-7-15-4-3-5-16(15)10-14/h6-7,10,13H,2-5,8-9,11-12H2,1H3,(H,19,20). The highest BCUT2D eigenvalue weighted by molar-refractivity contribution is 5.75. The highest BCUT2D eigenvalue weighted by Gasteiger charge is 2.44. The van der Waals surface area contributed by atoms with Crippen molar-refractivity contribution in [2.45, 2.75) is 58.3 Å². The van der Waals surface area contributed by atoms with Gasteiger partial charge in [0, 0.05) is 0 Å². The molecule has 0 aromatic heterocycles. The van der Waals surface area contributed by atoms with Crippen molar-refractivity contribution in [3.05, 3.63) is 34.9 Å². The number of fused-ring (bicyclic) bond motifs is 1. The Morgan fingerprint density at radius 3 is 2.85 bits per heavy atom. The average Bonchev–Trinajstić information content (AvgIpc) is 3.05. The second kappa shape index (κ2) is 5.23. The van der Waals surface area contributed by atoms with Crippen LogP contribution in [0, 0.1) is 11.3 Å². The third-order valence-corrected chi connectivity index (χ3v) is 5.45. The Bertz CT molecular complexity index is 520. The summed E-state index contributed by atoms with van der Waals surface area (Å²) >= 11 is 0. The summed E-state index contributed by atoms with van der Waals surface area (Å²) in [5, 5.41) is 9.73. The first kappa shape index (κ1) is 13.7. The molecule has 0 saturated heterocycles. The van der Waals surface area contributed by atoms with Gasteiger partial charge in [-0.1, -0.05) is 31.5 Å². The Balaban J connectivity index is 1.82. The van der Waals surface area contributed by atoms with Crippen molar-refractivity contribution in [3.8, 4) is 0 Å². The lowest BCUT2D eigenvalue weighted by Gasteiger charge is -2.25. The molecule has 2 heteroatoms. The third kappa shape index (κ3) is 2.36. The Kier molecular flexibility index (Phi) is 3.57. The summed E-state index contributed by atoms with van der Waals surface area (Å²) in [7, 11) is 0. The van der Waals surface area contributed by atoms with Crippen molar-refractivity contribution in [1.82, 2.24) is 0 Å². The Hall–Kier alpha value is -1.31. The van der Waals surface area contributed by atoms with Gasteiger partial charge < -0.3 is 5.11 Å². The van der Waals surface area contributed by atoms with E-state index < -0.39 is 11.4 Å². The van der Waals surface area contributed by atoms with Gasteiger partial charge in [-0.2, -0.15) is 0 Å². The highest BCUT2D eigenvalue weighted by atomic mass is 16.4. The van der Waals surface area contributed by atoms with Crippen molar-refractivity contribution in [2.75, 3.05) is 0 Å². The van der Waals surface area contributed by atoms with Crippen LogP contribution in [0.15, 0.2) is 18.2 Å². The molecule has 2 nitrogen and oxygen atoms in total. The second-order valence-corrected chi connectivity index (χ2v) is 6.74. The van der Waals surface area contributed by atoms with Gasteiger partial charge in [-0.05, 0) is 67.6 Å². The predicted octanol–water partition coefficient (Wildman–Crippen LogP) is 4.00. The number of carboxylic acid groups (broad SMARTS) is 1. The molecule has 0 amide bonds. The molecule has 1 saturated carbocycles. The van der Waals surface area contributed by atoms with E-state index in [1.165, 1.54) is 36.0 Å². The minimum Gasteiger partial charge on any atom is -0.481 e. The van der Waals surface area contributed by atoms with Crippen LogP contribution in [0.4, 0.5) is 0 Å². The van der Waals surface area contributed by atoms with Crippen LogP contribution in [0.1, 0.15) is 55.7 Å². The number of aryl methyl sites for hydroxylation is 2. The Morgan fingerprint density at radius 2 is 2.15 bits per heavy atom. The molecule has 2 aliphatic rings.